The first-order valence-corrected chi connectivity index (χ1v) is 11.7. The third-order valence-corrected chi connectivity index (χ3v) is 8.62. The molecule has 1 aromatic carbocycles. The molecule has 5 fully saturated rings. The molecule has 6 rings (SSSR count). The topological polar surface area (TPSA) is 60.9 Å². The molecule has 0 spiro atoms. The smallest absolute Gasteiger partial charge is 0.257 e. The Morgan fingerprint density at radius 1 is 1.00 bits per heavy atom. The summed E-state index contributed by atoms with van der Waals surface area (Å²) in [4.78, 5) is 29.5. The van der Waals surface area contributed by atoms with Gasteiger partial charge in [0, 0.05) is 36.9 Å². The number of phenols is 1. The predicted molar refractivity (Wildman–Crippen MR) is 114 cm³/mol. The van der Waals surface area contributed by atoms with Gasteiger partial charge < -0.3 is 14.9 Å². The van der Waals surface area contributed by atoms with E-state index < -0.39 is 0 Å². The van der Waals surface area contributed by atoms with Gasteiger partial charge in [-0.2, -0.15) is 0 Å². The van der Waals surface area contributed by atoms with Crippen molar-refractivity contribution in [2.75, 3.05) is 26.2 Å². The van der Waals surface area contributed by atoms with Gasteiger partial charge in [0.25, 0.3) is 5.91 Å². The van der Waals surface area contributed by atoms with Gasteiger partial charge in [0.2, 0.25) is 5.91 Å². The molecular formula is C23H29BrN2O3. The lowest BCUT2D eigenvalue weighted by molar-refractivity contribution is -0.139. The molecule has 5 nitrogen and oxygen atoms in total. The second-order valence-corrected chi connectivity index (χ2v) is 11.7. The van der Waals surface area contributed by atoms with Crippen molar-refractivity contribution >= 4 is 27.7 Å². The van der Waals surface area contributed by atoms with Gasteiger partial charge in [-0.3, -0.25) is 9.59 Å². The highest BCUT2D eigenvalue weighted by Crippen LogP contribution is 2.65. The molecule has 6 heteroatoms. The number of amides is 2. The number of hydrogen-bond donors (Lipinski definition) is 1. The Hall–Kier alpha value is -1.56. The molecule has 2 atom stereocenters. The molecule has 1 aliphatic heterocycles. The largest absolute Gasteiger partial charge is 0.507 e. The molecule has 0 radical (unpaired) electrons. The molecule has 1 aromatic rings. The van der Waals surface area contributed by atoms with Crippen molar-refractivity contribution in [3.63, 3.8) is 0 Å². The molecule has 2 unspecified atom stereocenters. The summed E-state index contributed by atoms with van der Waals surface area (Å²) >= 11 is 4.04. The highest BCUT2D eigenvalue weighted by molar-refractivity contribution is 9.10. The van der Waals surface area contributed by atoms with Crippen LogP contribution in [0.4, 0.5) is 0 Å². The quantitative estimate of drug-likeness (QED) is 0.697. The fourth-order valence-electron chi connectivity index (χ4n) is 6.96. The summed E-state index contributed by atoms with van der Waals surface area (Å²) in [6.07, 6.45) is 8.17. The maximum Gasteiger partial charge on any atom is 0.257 e. The number of hydrogen-bond acceptors (Lipinski definition) is 3. The average Bonchev–Trinajstić information content (AvgIpc) is 2.65. The standard InChI is InChI=1S/C23H29BrN2O3/c24-23-12-16-9-17(13-23)11-22(10-16,15-23)14-20(28)25-5-7-26(8-6-25)21(29)18-3-1-2-4-19(18)27/h1-4,16-17,27H,5-15H2. The number of para-hydroxylation sites is 1. The van der Waals surface area contributed by atoms with E-state index in [4.69, 9.17) is 0 Å². The molecule has 156 valence electrons. The van der Waals surface area contributed by atoms with Gasteiger partial charge in [0.1, 0.15) is 5.75 Å². The Morgan fingerprint density at radius 2 is 1.62 bits per heavy atom. The van der Waals surface area contributed by atoms with Crippen LogP contribution in [0.1, 0.15) is 55.3 Å². The Kier molecular flexibility index (Phi) is 4.68. The molecule has 1 saturated heterocycles. The van der Waals surface area contributed by atoms with E-state index >= 15 is 0 Å². The minimum atomic E-state index is -0.155. The van der Waals surface area contributed by atoms with Gasteiger partial charge in [0.15, 0.2) is 0 Å². The van der Waals surface area contributed by atoms with Crippen molar-refractivity contribution in [2.45, 2.75) is 49.3 Å². The van der Waals surface area contributed by atoms with E-state index in [0.717, 1.165) is 18.3 Å². The zero-order valence-electron chi connectivity index (χ0n) is 16.8. The summed E-state index contributed by atoms with van der Waals surface area (Å²) in [6, 6.07) is 6.66. The zero-order valence-corrected chi connectivity index (χ0v) is 18.4. The number of aromatic hydroxyl groups is 1. The molecule has 1 heterocycles. The summed E-state index contributed by atoms with van der Waals surface area (Å²) in [5, 5.41) is 9.95. The molecule has 4 bridgehead atoms. The van der Waals surface area contributed by atoms with Crippen molar-refractivity contribution < 1.29 is 14.7 Å². The number of alkyl halides is 1. The number of phenolic OH excluding ortho intramolecular Hbond substituents is 1. The van der Waals surface area contributed by atoms with Crippen LogP contribution in [0.2, 0.25) is 0 Å². The number of benzene rings is 1. The van der Waals surface area contributed by atoms with Crippen LogP contribution in [0.3, 0.4) is 0 Å². The first-order chi connectivity index (χ1) is 13.8. The molecule has 0 aromatic heterocycles. The molecular weight excluding hydrogens is 432 g/mol. The van der Waals surface area contributed by atoms with Crippen molar-refractivity contribution in [3.8, 4) is 5.75 Å². The van der Waals surface area contributed by atoms with E-state index in [9.17, 15) is 14.7 Å². The first-order valence-electron chi connectivity index (χ1n) is 10.9. The molecule has 29 heavy (non-hydrogen) atoms. The third-order valence-electron chi connectivity index (χ3n) is 7.69. The third kappa shape index (κ3) is 3.58. The summed E-state index contributed by atoms with van der Waals surface area (Å²) in [7, 11) is 0. The summed E-state index contributed by atoms with van der Waals surface area (Å²) < 4.78 is 0.278. The van der Waals surface area contributed by atoms with Crippen LogP contribution in [0.5, 0.6) is 5.75 Å². The van der Waals surface area contributed by atoms with Gasteiger partial charge in [-0.05, 0) is 67.9 Å². The number of nitrogens with zero attached hydrogens (tertiary/aromatic N) is 2. The number of rotatable bonds is 3. The minimum absolute atomic E-state index is 0.0153. The predicted octanol–water partition coefficient (Wildman–Crippen LogP) is 3.80. The average molecular weight is 461 g/mol. The van der Waals surface area contributed by atoms with Gasteiger partial charge in [0.05, 0.1) is 5.56 Å². The van der Waals surface area contributed by atoms with Crippen LogP contribution in [-0.4, -0.2) is 57.2 Å². The van der Waals surface area contributed by atoms with Crippen molar-refractivity contribution in [2.24, 2.45) is 17.3 Å². The van der Waals surface area contributed by atoms with E-state index in [-0.39, 0.29) is 27.3 Å². The Labute approximate surface area is 180 Å². The second-order valence-electron chi connectivity index (χ2n) is 9.98. The number of piperazine rings is 1. The highest BCUT2D eigenvalue weighted by Gasteiger charge is 2.57. The first kappa shape index (κ1) is 19.4. The Balaban J connectivity index is 1.20. The number of halogens is 1. The van der Waals surface area contributed by atoms with Crippen molar-refractivity contribution in [1.29, 1.82) is 0 Å². The number of carbonyl (C=O) groups excluding carboxylic acids is 2. The molecule has 4 saturated carbocycles. The van der Waals surface area contributed by atoms with E-state index in [1.165, 1.54) is 38.2 Å². The van der Waals surface area contributed by atoms with E-state index in [1.54, 1.807) is 23.1 Å². The molecule has 4 aliphatic carbocycles. The van der Waals surface area contributed by atoms with Crippen LogP contribution >= 0.6 is 15.9 Å². The van der Waals surface area contributed by atoms with E-state index in [1.807, 2.05) is 4.90 Å². The van der Waals surface area contributed by atoms with Crippen LogP contribution in [0.25, 0.3) is 0 Å². The summed E-state index contributed by atoms with van der Waals surface area (Å²) in [6.45, 7) is 2.22. The lowest BCUT2D eigenvalue weighted by atomic mass is 9.48. The maximum absolute atomic E-state index is 13.2. The maximum atomic E-state index is 13.2. The van der Waals surface area contributed by atoms with Crippen LogP contribution in [-0.2, 0) is 4.79 Å². The summed E-state index contributed by atoms with van der Waals surface area (Å²) in [5.41, 5.74) is 0.524. The Morgan fingerprint density at radius 3 is 2.24 bits per heavy atom. The van der Waals surface area contributed by atoms with Crippen LogP contribution in [0, 0.1) is 17.3 Å². The van der Waals surface area contributed by atoms with Crippen LogP contribution < -0.4 is 0 Å². The van der Waals surface area contributed by atoms with Crippen LogP contribution in [0.15, 0.2) is 24.3 Å². The lowest BCUT2D eigenvalue weighted by Crippen LogP contribution is -2.55. The van der Waals surface area contributed by atoms with Crippen molar-refractivity contribution in [3.05, 3.63) is 29.8 Å². The van der Waals surface area contributed by atoms with Gasteiger partial charge >= 0.3 is 0 Å². The normalized spacial score (nSPS) is 35.8. The highest BCUT2D eigenvalue weighted by atomic mass is 79.9. The zero-order chi connectivity index (χ0) is 20.2. The molecule has 5 aliphatic rings. The fourth-order valence-corrected chi connectivity index (χ4v) is 8.47. The lowest BCUT2D eigenvalue weighted by Gasteiger charge is -2.60. The fraction of sp³-hybridized carbons (Fsp3) is 0.652. The van der Waals surface area contributed by atoms with E-state index in [0.29, 0.717) is 38.2 Å². The Bertz CT molecular complexity index is 819. The SMILES string of the molecule is O=C(CC12CC3CC(CC(Br)(C3)C1)C2)N1CCN(C(=O)c2ccccc2O)CC1. The molecule has 2 amide bonds. The van der Waals surface area contributed by atoms with Gasteiger partial charge in [-0.1, -0.05) is 28.1 Å². The molecule has 1 N–H and O–H groups in total. The van der Waals surface area contributed by atoms with Gasteiger partial charge in [-0.25, -0.2) is 0 Å². The van der Waals surface area contributed by atoms with E-state index in [2.05, 4.69) is 15.9 Å². The van der Waals surface area contributed by atoms with Crippen molar-refractivity contribution in [1.82, 2.24) is 9.80 Å². The number of carbonyl (C=O) groups is 2. The minimum Gasteiger partial charge on any atom is -0.507 e. The second kappa shape index (κ2) is 7.00. The monoisotopic (exact) mass is 460 g/mol. The van der Waals surface area contributed by atoms with Gasteiger partial charge in [-0.15, -0.1) is 0 Å². The summed E-state index contributed by atoms with van der Waals surface area (Å²) in [5.74, 6) is 1.70.